The van der Waals surface area contributed by atoms with E-state index >= 15 is 0 Å². The zero-order valence-electron chi connectivity index (χ0n) is 13.8. The largest absolute Gasteiger partial charge is 1.00 e. The minimum Gasteiger partial charge on any atom is -1.00 e. The molecule has 0 amide bonds. The van der Waals surface area contributed by atoms with Gasteiger partial charge in [0.2, 0.25) is 5.04 Å². The van der Waals surface area contributed by atoms with Gasteiger partial charge < -0.3 is 27.2 Å². The summed E-state index contributed by atoms with van der Waals surface area (Å²) in [6.45, 7) is 6.80. The topological polar surface area (TPSA) is 90.0 Å². The van der Waals surface area contributed by atoms with Crippen LogP contribution in [0.25, 0.3) is 0 Å². The van der Waals surface area contributed by atoms with Crippen LogP contribution in [0.15, 0.2) is 4.99 Å². The molecule has 0 spiro atoms. The van der Waals surface area contributed by atoms with Crippen molar-refractivity contribution in [3.05, 3.63) is 0 Å². The molecule has 0 fully saturated rings. The molecule has 0 atom stereocenters. The molecule has 0 aromatic carbocycles. The van der Waals surface area contributed by atoms with Crippen molar-refractivity contribution < 1.29 is 41.4 Å². The van der Waals surface area contributed by atoms with E-state index in [1.165, 1.54) is 15.8 Å². The Morgan fingerprint density at radius 1 is 1.17 bits per heavy atom. The molecule has 0 unspecified atom stereocenters. The zero-order chi connectivity index (χ0) is 17.7. The van der Waals surface area contributed by atoms with Gasteiger partial charge in [-0.05, 0) is 6.92 Å². The van der Waals surface area contributed by atoms with Crippen molar-refractivity contribution in [2.75, 3.05) is 36.5 Å². The minimum absolute atomic E-state index is 0. The summed E-state index contributed by atoms with van der Waals surface area (Å²) in [4.78, 5) is 23.9. The highest BCUT2D eigenvalue weighted by atomic mass is 79.9. The lowest BCUT2D eigenvalue weighted by atomic mass is 10.4. The van der Waals surface area contributed by atoms with E-state index in [1.54, 1.807) is 11.8 Å². The van der Waals surface area contributed by atoms with Crippen LogP contribution in [0, 0.1) is 0 Å². The first-order valence-electron chi connectivity index (χ1n) is 7.21. The summed E-state index contributed by atoms with van der Waals surface area (Å²) in [5, 5.41) is 19.3. The van der Waals surface area contributed by atoms with Gasteiger partial charge in [0.15, 0.2) is 13.1 Å². The van der Waals surface area contributed by atoms with Gasteiger partial charge in [0.05, 0.1) is 17.2 Å². The third-order valence-electron chi connectivity index (χ3n) is 2.76. The summed E-state index contributed by atoms with van der Waals surface area (Å²) in [6.07, 6.45) is 0.456. The standard InChI is InChI=1S/C7H11NO2S.C4H7NS.C3H5BrO2.BrH/c1-6-8(4-5-11-6)3-2-7(9)10;1-4-5-2-3-6-4;4-2-1-3(5)6;/h2-5H2,1H3;2-3H2,1H3;1-2H2,(H,5,6);1H. The second-order valence-electron chi connectivity index (χ2n) is 4.58. The number of carbonyl (C=O) groups is 2. The lowest BCUT2D eigenvalue weighted by Crippen LogP contribution is -3.00. The van der Waals surface area contributed by atoms with Crippen LogP contribution in [-0.4, -0.2) is 73.3 Å². The van der Waals surface area contributed by atoms with Gasteiger partial charge in [-0.1, -0.05) is 27.7 Å². The Kier molecular flexibility index (Phi) is 17.9. The van der Waals surface area contributed by atoms with Crippen molar-refractivity contribution in [2.45, 2.75) is 26.7 Å². The highest BCUT2D eigenvalue weighted by Gasteiger charge is 2.18. The van der Waals surface area contributed by atoms with Crippen molar-refractivity contribution in [1.82, 2.24) is 0 Å². The van der Waals surface area contributed by atoms with E-state index in [4.69, 9.17) is 10.2 Å². The third-order valence-corrected chi connectivity index (χ3v) is 5.15. The van der Waals surface area contributed by atoms with Crippen molar-refractivity contribution in [3.8, 4) is 0 Å². The molecule has 0 aromatic heterocycles. The number of carboxylic acid groups (broad SMARTS) is 2. The summed E-state index contributed by atoms with van der Waals surface area (Å²) >= 11 is 6.62. The van der Waals surface area contributed by atoms with Crippen LogP contribution in [0.4, 0.5) is 0 Å². The van der Waals surface area contributed by atoms with Crippen LogP contribution in [0.1, 0.15) is 26.7 Å². The van der Waals surface area contributed by atoms with Gasteiger partial charge in [0, 0.05) is 24.6 Å². The van der Waals surface area contributed by atoms with Gasteiger partial charge in [-0.25, -0.2) is 4.58 Å². The summed E-state index contributed by atoms with van der Waals surface area (Å²) < 4.78 is 2.12. The number of nitrogens with zero attached hydrogens (tertiary/aromatic N) is 2. The highest BCUT2D eigenvalue weighted by molar-refractivity contribution is 9.09. The maximum atomic E-state index is 10.2. The molecule has 140 valence electrons. The Hall–Kier alpha value is -0.0600. The summed E-state index contributed by atoms with van der Waals surface area (Å²) in [6, 6.07) is 0. The van der Waals surface area contributed by atoms with Crippen LogP contribution in [-0.2, 0) is 9.59 Å². The second kappa shape index (κ2) is 16.4. The SMILES string of the molecule is CC1=NCCS1.CC1=[N+](CCC(=O)O)CCS1.O=C(O)CCBr.[Br-]. The van der Waals surface area contributed by atoms with Gasteiger partial charge in [-0.3, -0.25) is 14.6 Å². The van der Waals surface area contributed by atoms with E-state index in [9.17, 15) is 9.59 Å². The summed E-state index contributed by atoms with van der Waals surface area (Å²) in [5.41, 5.74) is 0. The molecule has 6 nitrogen and oxygen atoms in total. The Morgan fingerprint density at radius 2 is 1.79 bits per heavy atom. The first-order chi connectivity index (χ1) is 10.9. The minimum atomic E-state index is -0.758. The van der Waals surface area contributed by atoms with Crippen LogP contribution in [0.5, 0.6) is 0 Å². The number of alkyl halides is 1. The van der Waals surface area contributed by atoms with Gasteiger partial charge in [0.1, 0.15) is 6.42 Å². The maximum Gasteiger partial charge on any atom is 0.309 e. The molecule has 24 heavy (non-hydrogen) atoms. The number of aliphatic carboxylic acids is 2. The molecule has 0 radical (unpaired) electrons. The van der Waals surface area contributed by atoms with Crippen molar-refractivity contribution in [3.63, 3.8) is 0 Å². The second-order valence-corrected chi connectivity index (χ2v) is 7.95. The molecule has 2 N–H and O–H groups in total. The predicted octanol–water partition coefficient (Wildman–Crippen LogP) is -0.350. The molecule has 2 aliphatic heterocycles. The van der Waals surface area contributed by atoms with E-state index in [0.29, 0.717) is 11.9 Å². The van der Waals surface area contributed by atoms with Gasteiger partial charge in [0.25, 0.3) is 0 Å². The van der Waals surface area contributed by atoms with Crippen LogP contribution in [0.3, 0.4) is 0 Å². The van der Waals surface area contributed by atoms with Crippen LogP contribution >= 0.6 is 39.5 Å². The lowest BCUT2D eigenvalue weighted by molar-refractivity contribution is -0.517. The Labute approximate surface area is 170 Å². The molecule has 0 aliphatic carbocycles. The maximum absolute atomic E-state index is 10.2. The number of hydrogen-bond donors (Lipinski definition) is 2. The number of aliphatic imine (C=N–C) groups is 1. The average molecular weight is 508 g/mol. The van der Waals surface area contributed by atoms with E-state index < -0.39 is 11.9 Å². The molecule has 10 heteroatoms. The summed E-state index contributed by atoms with van der Waals surface area (Å²) in [7, 11) is 0. The molecule has 2 aliphatic rings. The van der Waals surface area contributed by atoms with E-state index in [0.717, 1.165) is 18.8 Å². The average Bonchev–Trinajstić information content (AvgIpc) is 3.09. The Balaban J connectivity index is 0. The van der Waals surface area contributed by atoms with E-state index in [-0.39, 0.29) is 29.8 Å². The molecule has 0 aromatic rings. The molecule has 0 saturated heterocycles. The van der Waals surface area contributed by atoms with E-state index in [2.05, 4.69) is 32.4 Å². The normalized spacial score (nSPS) is 15.4. The van der Waals surface area contributed by atoms with Crippen molar-refractivity contribution in [1.29, 1.82) is 0 Å². The fourth-order valence-electron chi connectivity index (χ4n) is 1.58. The molecule has 0 bridgehead atoms. The molecule has 0 saturated carbocycles. The molecule has 2 heterocycles. The number of thioether (sulfide) groups is 2. The fraction of sp³-hybridized carbons (Fsp3) is 0.714. The molecule has 2 rings (SSSR count). The number of halogens is 2. The van der Waals surface area contributed by atoms with Crippen molar-refractivity contribution >= 4 is 61.5 Å². The Morgan fingerprint density at radius 3 is 2.04 bits per heavy atom. The van der Waals surface area contributed by atoms with Crippen LogP contribution in [0.2, 0.25) is 0 Å². The van der Waals surface area contributed by atoms with Gasteiger partial charge in [-0.15, -0.1) is 11.8 Å². The summed E-state index contributed by atoms with van der Waals surface area (Å²) in [5.74, 6) is 0.832. The fourth-order valence-corrected chi connectivity index (χ4v) is 3.55. The van der Waals surface area contributed by atoms with Gasteiger partial charge in [-0.2, -0.15) is 0 Å². The lowest BCUT2D eigenvalue weighted by Gasteiger charge is -1.94. The number of rotatable bonds is 5. The van der Waals surface area contributed by atoms with Crippen LogP contribution < -0.4 is 17.0 Å². The smallest absolute Gasteiger partial charge is 0.309 e. The zero-order valence-corrected chi connectivity index (χ0v) is 18.6. The highest BCUT2D eigenvalue weighted by Crippen LogP contribution is 2.10. The number of carboxylic acids is 2. The monoisotopic (exact) mass is 506 g/mol. The first kappa shape index (κ1) is 26.2. The molecular formula is C14H24Br2N2O4S2. The first-order valence-corrected chi connectivity index (χ1v) is 10.3. The van der Waals surface area contributed by atoms with Gasteiger partial charge >= 0.3 is 11.9 Å². The predicted molar refractivity (Wildman–Crippen MR) is 102 cm³/mol. The number of hydrogen-bond acceptors (Lipinski definition) is 5. The Bertz CT molecular complexity index is 460. The van der Waals surface area contributed by atoms with E-state index in [1.807, 2.05) is 18.7 Å². The van der Waals surface area contributed by atoms with Crippen molar-refractivity contribution in [2.24, 2.45) is 4.99 Å². The third kappa shape index (κ3) is 15.5. The quantitative estimate of drug-likeness (QED) is 0.390. The molecular weight excluding hydrogens is 484 g/mol.